The second-order valence-corrected chi connectivity index (χ2v) is 7.63. The minimum Gasteiger partial charge on any atom is -0.383 e. The minimum absolute atomic E-state index is 0.595. The zero-order valence-corrected chi connectivity index (χ0v) is 17.3. The molecule has 0 bridgehead atoms. The lowest BCUT2D eigenvalue weighted by molar-refractivity contribution is 0.206. The molecule has 0 aliphatic carbocycles. The van der Waals surface area contributed by atoms with Crippen LogP contribution in [0.5, 0.6) is 0 Å². The van der Waals surface area contributed by atoms with Crippen LogP contribution in [0.4, 0.5) is 11.8 Å². The number of thiophene rings is 1. The molecule has 7 nitrogen and oxygen atoms in total. The number of aromatic nitrogens is 3. The van der Waals surface area contributed by atoms with Crippen LogP contribution < -0.4 is 10.3 Å². The molecule has 0 spiro atoms. The third-order valence-corrected chi connectivity index (χ3v) is 5.31. The topological polar surface area (TPSA) is 75.5 Å². The Morgan fingerprint density at radius 2 is 2.00 bits per heavy atom. The van der Waals surface area contributed by atoms with E-state index >= 15 is 0 Å². The van der Waals surface area contributed by atoms with Gasteiger partial charge in [0.2, 0.25) is 5.95 Å². The summed E-state index contributed by atoms with van der Waals surface area (Å²) >= 11 is 1.72. The molecule has 0 saturated carbocycles. The van der Waals surface area contributed by atoms with Crippen molar-refractivity contribution in [2.45, 2.75) is 13.8 Å². The molecule has 3 heterocycles. The van der Waals surface area contributed by atoms with Gasteiger partial charge in [0.25, 0.3) is 0 Å². The molecule has 8 heteroatoms. The van der Waals surface area contributed by atoms with Crippen molar-refractivity contribution >= 4 is 29.3 Å². The van der Waals surface area contributed by atoms with Gasteiger partial charge >= 0.3 is 0 Å². The predicted octanol–water partition coefficient (Wildman–Crippen LogP) is 3.75. The van der Waals surface area contributed by atoms with Crippen molar-refractivity contribution in [3.05, 3.63) is 52.0 Å². The Bertz CT molecular complexity index is 922. The van der Waals surface area contributed by atoms with Gasteiger partial charge < -0.3 is 9.64 Å². The number of nitrogens with zero attached hydrogens (tertiary/aromatic N) is 5. The van der Waals surface area contributed by atoms with Gasteiger partial charge in [0, 0.05) is 54.5 Å². The number of hydrazone groups is 1. The second kappa shape index (κ2) is 9.38. The fourth-order valence-corrected chi connectivity index (χ4v) is 3.40. The molecule has 0 atom stereocenters. The van der Waals surface area contributed by atoms with Gasteiger partial charge in [0.15, 0.2) is 5.82 Å². The molecule has 28 heavy (non-hydrogen) atoms. The van der Waals surface area contributed by atoms with Crippen molar-refractivity contribution in [1.29, 1.82) is 0 Å². The van der Waals surface area contributed by atoms with E-state index in [2.05, 4.69) is 45.4 Å². The minimum atomic E-state index is 0.595. The molecule has 0 aliphatic heterocycles. The van der Waals surface area contributed by atoms with E-state index in [0.29, 0.717) is 24.9 Å². The number of hydrogen-bond acceptors (Lipinski definition) is 8. The Morgan fingerprint density at radius 1 is 1.21 bits per heavy atom. The van der Waals surface area contributed by atoms with Gasteiger partial charge in [0.1, 0.15) is 0 Å². The number of anilines is 2. The summed E-state index contributed by atoms with van der Waals surface area (Å²) in [6.45, 7) is 5.49. The summed E-state index contributed by atoms with van der Waals surface area (Å²) in [6, 6.07) is 7.85. The van der Waals surface area contributed by atoms with Crippen molar-refractivity contribution < 1.29 is 4.74 Å². The smallest absolute Gasteiger partial charge is 0.227 e. The van der Waals surface area contributed by atoms with Gasteiger partial charge in [-0.15, -0.1) is 11.3 Å². The number of pyridine rings is 1. The molecule has 0 aromatic carbocycles. The van der Waals surface area contributed by atoms with E-state index < -0.39 is 0 Å². The largest absolute Gasteiger partial charge is 0.383 e. The summed E-state index contributed by atoms with van der Waals surface area (Å²) in [6.07, 6.45) is 5.31. The van der Waals surface area contributed by atoms with Gasteiger partial charge in [-0.3, -0.25) is 10.4 Å². The van der Waals surface area contributed by atoms with Crippen LogP contribution in [0, 0.1) is 13.8 Å². The van der Waals surface area contributed by atoms with Crippen molar-refractivity contribution in [1.82, 2.24) is 15.0 Å². The molecule has 0 aliphatic rings. The molecule has 3 aromatic heterocycles. The molecular weight excluding hydrogens is 372 g/mol. The first-order valence-corrected chi connectivity index (χ1v) is 9.74. The van der Waals surface area contributed by atoms with Gasteiger partial charge in [-0.1, -0.05) is 0 Å². The summed E-state index contributed by atoms with van der Waals surface area (Å²) in [5.41, 5.74) is 6.08. The van der Waals surface area contributed by atoms with E-state index in [0.717, 1.165) is 16.1 Å². The average molecular weight is 397 g/mol. The molecule has 0 unspecified atom stereocenters. The highest BCUT2D eigenvalue weighted by molar-refractivity contribution is 7.13. The summed E-state index contributed by atoms with van der Waals surface area (Å²) in [5.74, 6) is 1.23. The Kier molecular flexibility index (Phi) is 6.67. The standard InChI is InChI=1S/C20H24N6OS/c1-14-11-17(28-15(14)2)13-22-25-19-12-18(16-5-7-21-8-6-16)23-20(24-19)26(3)9-10-27-4/h5-8,11-13H,9-10H2,1-4H3,(H,23,24,25). The van der Waals surface area contributed by atoms with E-state index in [1.807, 2.05) is 36.4 Å². The van der Waals surface area contributed by atoms with E-state index in [-0.39, 0.29) is 0 Å². The third kappa shape index (κ3) is 5.11. The van der Waals surface area contributed by atoms with Gasteiger partial charge in [0.05, 0.1) is 18.5 Å². The molecule has 0 radical (unpaired) electrons. The summed E-state index contributed by atoms with van der Waals surface area (Å²) in [7, 11) is 3.62. The lowest BCUT2D eigenvalue weighted by Gasteiger charge is -2.18. The zero-order valence-electron chi connectivity index (χ0n) is 16.5. The maximum atomic E-state index is 5.16. The number of likely N-dealkylation sites (N-methyl/N-ethyl adjacent to an activating group) is 1. The highest BCUT2D eigenvalue weighted by atomic mass is 32.1. The Labute approximate surface area is 169 Å². The zero-order chi connectivity index (χ0) is 19.9. The van der Waals surface area contributed by atoms with E-state index in [1.54, 1.807) is 30.8 Å². The number of ether oxygens (including phenoxy) is 1. The second-order valence-electron chi connectivity index (χ2n) is 6.35. The molecule has 0 saturated heterocycles. The van der Waals surface area contributed by atoms with Crippen LogP contribution in [0.1, 0.15) is 15.3 Å². The highest BCUT2D eigenvalue weighted by Gasteiger charge is 2.10. The van der Waals surface area contributed by atoms with Crippen molar-refractivity contribution in [3.8, 4) is 11.3 Å². The van der Waals surface area contributed by atoms with E-state index in [1.165, 1.54) is 10.4 Å². The Morgan fingerprint density at radius 3 is 2.68 bits per heavy atom. The normalized spacial score (nSPS) is 11.1. The summed E-state index contributed by atoms with van der Waals surface area (Å²) in [4.78, 5) is 17.7. The van der Waals surface area contributed by atoms with Crippen LogP contribution >= 0.6 is 11.3 Å². The van der Waals surface area contributed by atoms with E-state index in [9.17, 15) is 0 Å². The fourth-order valence-electron chi connectivity index (χ4n) is 2.49. The number of hydrogen-bond donors (Lipinski definition) is 1. The van der Waals surface area contributed by atoms with Crippen molar-refractivity contribution in [2.75, 3.05) is 37.6 Å². The van der Waals surface area contributed by atoms with Crippen molar-refractivity contribution in [2.24, 2.45) is 5.10 Å². The maximum absolute atomic E-state index is 5.16. The van der Waals surface area contributed by atoms with Gasteiger partial charge in [-0.25, -0.2) is 4.98 Å². The monoisotopic (exact) mass is 396 g/mol. The van der Waals surface area contributed by atoms with Crippen LogP contribution in [-0.4, -0.2) is 48.5 Å². The molecule has 0 amide bonds. The Balaban J connectivity index is 1.86. The lowest BCUT2D eigenvalue weighted by Crippen LogP contribution is -2.24. The predicted molar refractivity (Wildman–Crippen MR) is 115 cm³/mol. The number of rotatable bonds is 8. The number of aryl methyl sites for hydroxylation is 2. The highest BCUT2D eigenvalue weighted by Crippen LogP contribution is 2.22. The third-order valence-electron chi connectivity index (χ3n) is 4.22. The molecule has 1 N–H and O–H groups in total. The van der Waals surface area contributed by atoms with Crippen LogP contribution in [-0.2, 0) is 4.74 Å². The number of methoxy groups -OCH3 is 1. The van der Waals surface area contributed by atoms with Crippen molar-refractivity contribution in [3.63, 3.8) is 0 Å². The van der Waals surface area contributed by atoms with Gasteiger partial charge in [-0.05, 0) is 37.6 Å². The molecule has 146 valence electrons. The number of nitrogens with one attached hydrogen (secondary N) is 1. The quantitative estimate of drug-likeness (QED) is 0.462. The van der Waals surface area contributed by atoms with Gasteiger partial charge in [-0.2, -0.15) is 10.1 Å². The van der Waals surface area contributed by atoms with E-state index in [4.69, 9.17) is 4.74 Å². The average Bonchev–Trinajstić information content (AvgIpc) is 3.04. The molecule has 0 fully saturated rings. The van der Waals surface area contributed by atoms with Crippen LogP contribution in [0.25, 0.3) is 11.3 Å². The molecule has 3 rings (SSSR count). The summed E-state index contributed by atoms with van der Waals surface area (Å²) in [5, 5.41) is 4.35. The lowest BCUT2D eigenvalue weighted by atomic mass is 10.2. The maximum Gasteiger partial charge on any atom is 0.227 e. The Hall–Kier alpha value is -2.84. The first kappa shape index (κ1) is 19.9. The first-order valence-electron chi connectivity index (χ1n) is 8.92. The fraction of sp³-hybridized carbons (Fsp3) is 0.300. The van der Waals surface area contributed by atoms with Crippen LogP contribution in [0.15, 0.2) is 41.8 Å². The molecular formula is C20H24N6OS. The summed E-state index contributed by atoms with van der Waals surface area (Å²) < 4.78 is 5.16. The SMILES string of the molecule is COCCN(C)c1nc(NN=Cc2cc(C)c(C)s2)cc(-c2ccncc2)n1. The first-order chi connectivity index (χ1) is 13.6. The van der Waals surface area contributed by atoms with Crippen LogP contribution in [0.2, 0.25) is 0 Å². The molecule has 3 aromatic rings. The van der Waals surface area contributed by atoms with Crippen LogP contribution in [0.3, 0.4) is 0 Å².